The highest BCUT2D eigenvalue weighted by molar-refractivity contribution is 9.10. The van der Waals surface area contributed by atoms with Crippen LogP contribution in [0, 0.1) is 0 Å². The minimum absolute atomic E-state index is 0.606. The lowest BCUT2D eigenvalue weighted by molar-refractivity contribution is 0.867. The van der Waals surface area contributed by atoms with E-state index >= 15 is 0 Å². The predicted octanol–water partition coefficient (Wildman–Crippen LogP) is 5.30. The number of benzene rings is 1. The van der Waals surface area contributed by atoms with Gasteiger partial charge in [-0.1, -0.05) is 38.1 Å². The molecule has 0 fully saturated rings. The van der Waals surface area contributed by atoms with E-state index < -0.39 is 0 Å². The SMILES string of the molecule is CC(C)c1ccc(-c2cc(Br)cs2)cc1. The Morgan fingerprint density at radius 1 is 1.13 bits per heavy atom. The van der Waals surface area contributed by atoms with Crippen molar-refractivity contribution in [1.29, 1.82) is 0 Å². The molecule has 0 aliphatic carbocycles. The third kappa shape index (κ3) is 2.50. The first-order valence-electron chi connectivity index (χ1n) is 5.01. The first kappa shape index (κ1) is 10.9. The molecular weight excluding hydrogens is 268 g/mol. The van der Waals surface area contributed by atoms with Gasteiger partial charge in [0.1, 0.15) is 0 Å². The largest absolute Gasteiger partial charge is 0.143 e. The van der Waals surface area contributed by atoms with Crippen LogP contribution in [0.5, 0.6) is 0 Å². The maximum absolute atomic E-state index is 3.48. The topological polar surface area (TPSA) is 0 Å². The van der Waals surface area contributed by atoms with Crippen molar-refractivity contribution < 1.29 is 0 Å². The fourth-order valence-electron chi connectivity index (χ4n) is 1.50. The zero-order chi connectivity index (χ0) is 10.8. The van der Waals surface area contributed by atoms with Crippen LogP contribution < -0.4 is 0 Å². The Morgan fingerprint density at radius 3 is 2.27 bits per heavy atom. The number of rotatable bonds is 2. The van der Waals surface area contributed by atoms with Crippen molar-refractivity contribution in [3.63, 3.8) is 0 Å². The normalized spacial score (nSPS) is 10.9. The molecule has 1 aromatic carbocycles. The lowest BCUT2D eigenvalue weighted by atomic mass is 10.0. The van der Waals surface area contributed by atoms with E-state index in [0.717, 1.165) is 4.47 Å². The molecule has 0 bridgehead atoms. The van der Waals surface area contributed by atoms with Crippen LogP contribution in [0.15, 0.2) is 40.2 Å². The maximum atomic E-state index is 3.48. The van der Waals surface area contributed by atoms with Gasteiger partial charge in [-0.2, -0.15) is 0 Å². The molecule has 2 heteroatoms. The molecule has 1 aromatic heterocycles. The zero-order valence-corrected chi connectivity index (χ0v) is 11.2. The van der Waals surface area contributed by atoms with Gasteiger partial charge in [0.2, 0.25) is 0 Å². The van der Waals surface area contributed by atoms with Crippen molar-refractivity contribution in [2.24, 2.45) is 0 Å². The molecule has 0 spiro atoms. The van der Waals surface area contributed by atoms with Gasteiger partial charge in [-0.05, 0) is 39.0 Å². The van der Waals surface area contributed by atoms with Crippen LogP contribution in [0.4, 0.5) is 0 Å². The van der Waals surface area contributed by atoms with Crippen LogP contribution in [-0.4, -0.2) is 0 Å². The highest BCUT2D eigenvalue weighted by Crippen LogP contribution is 2.30. The average molecular weight is 281 g/mol. The molecule has 1 heterocycles. The minimum Gasteiger partial charge on any atom is -0.143 e. The summed E-state index contributed by atoms with van der Waals surface area (Å²) in [6, 6.07) is 11.0. The first-order valence-corrected chi connectivity index (χ1v) is 6.68. The molecule has 2 rings (SSSR count). The predicted molar refractivity (Wildman–Crippen MR) is 71.5 cm³/mol. The van der Waals surface area contributed by atoms with Crippen molar-refractivity contribution in [1.82, 2.24) is 0 Å². The fraction of sp³-hybridized carbons (Fsp3) is 0.231. The lowest BCUT2D eigenvalue weighted by Gasteiger charge is -2.05. The van der Waals surface area contributed by atoms with Crippen LogP contribution in [-0.2, 0) is 0 Å². The molecule has 0 unspecified atom stereocenters. The molecule has 0 N–H and O–H groups in total. The quantitative estimate of drug-likeness (QED) is 0.700. The first-order chi connectivity index (χ1) is 7.16. The molecule has 0 atom stereocenters. The van der Waals surface area contributed by atoms with E-state index in [1.165, 1.54) is 16.0 Å². The van der Waals surface area contributed by atoms with Crippen molar-refractivity contribution >= 4 is 27.3 Å². The van der Waals surface area contributed by atoms with E-state index in [1.54, 1.807) is 11.3 Å². The molecule has 78 valence electrons. The summed E-state index contributed by atoms with van der Waals surface area (Å²) in [5.41, 5.74) is 2.70. The minimum atomic E-state index is 0.606. The summed E-state index contributed by atoms with van der Waals surface area (Å²) in [5.74, 6) is 0.606. The van der Waals surface area contributed by atoms with Crippen molar-refractivity contribution in [2.75, 3.05) is 0 Å². The Bertz CT molecular complexity index is 440. The van der Waals surface area contributed by atoms with Gasteiger partial charge in [0.15, 0.2) is 0 Å². The van der Waals surface area contributed by atoms with Gasteiger partial charge in [-0.3, -0.25) is 0 Å². The number of thiophene rings is 1. The summed E-state index contributed by atoms with van der Waals surface area (Å²) < 4.78 is 1.16. The van der Waals surface area contributed by atoms with Crippen molar-refractivity contribution in [3.8, 4) is 10.4 Å². The molecular formula is C13H13BrS. The van der Waals surface area contributed by atoms with Crippen LogP contribution >= 0.6 is 27.3 Å². The monoisotopic (exact) mass is 280 g/mol. The average Bonchev–Trinajstić information content (AvgIpc) is 2.65. The third-order valence-corrected chi connectivity index (χ3v) is 4.17. The molecule has 0 nitrogen and oxygen atoms in total. The molecule has 0 aliphatic rings. The highest BCUT2D eigenvalue weighted by atomic mass is 79.9. The molecule has 0 saturated carbocycles. The number of halogens is 1. The fourth-order valence-corrected chi connectivity index (χ4v) is 2.93. The van der Waals surface area contributed by atoms with Gasteiger partial charge in [-0.25, -0.2) is 0 Å². The van der Waals surface area contributed by atoms with E-state index in [4.69, 9.17) is 0 Å². The van der Waals surface area contributed by atoms with E-state index in [0.29, 0.717) is 5.92 Å². The molecule has 0 saturated heterocycles. The molecule has 15 heavy (non-hydrogen) atoms. The summed E-state index contributed by atoms with van der Waals surface area (Å²) in [6.45, 7) is 4.44. The Morgan fingerprint density at radius 2 is 1.80 bits per heavy atom. The second-order valence-electron chi connectivity index (χ2n) is 3.91. The van der Waals surface area contributed by atoms with Crippen LogP contribution in [0.3, 0.4) is 0 Å². The van der Waals surface area contributed by atoms with E-state index in [2.05, 4.69) is 65.5 Å². The van der Waals surface area contributed by atoms with Gasteiger partial charge < -0.3 is 0 Å². The Labute approximate surface area is 103 Å². The number of hydrogen-bond donors (Lipinski definition) is 0. The molecule has 0 radical (unpaired) electrons. The Balaban J connectivity index is 2.31. The van der Waals surface area contributed by atoms with Crippen molar-refractivity contribution in [2.45, 2.75) is 19.8 Å². The van der Waals surface area contributed by atoms with Gasteiger partial charge in [0.05, 0.1) is 0 Å². The van der Waals surface area contributed by atoms with Gasteiger partial charge in [0, 0.05) is 14.7 Å². The second-order valence-corrected chi connectivity index (χ2v) is 5.73. The van der Waals surface area contributed by atoms with Gasteiger partial charge in [0.25, 0.3) is 0 Å². The summed E-state index contributed by atoms with van der Waals surface area (Å²) >= 11 is 5.25. The molecule has 2 aromatic rings. The molecule has 0 amide bonds. The second kappa shape index (κ2) is 4.50. The van der Waals surface area contributed by atoms with Crippen molar-refractivity contribution in [3.05, 3.63) is 45.7 Å². The van der Waals surface area contributed by atoms with Gasteiger partial charge >= 0.3 is 0 Å². The van der Waals surface area contributed by atoms with Crippen LogP contribution in [0.2, 0.25) is 0 Å². The van der Waals surface area contributed by atoms with E-state index in [-0.39, 0.29) is 0 Å². The van der Waals surface area contributed by atoms with E-state index in [9.17, 15) is 0 Å². The Kier molecular flexibility index (Phi) is 3.27. The van der Waals surface area contributed by atoms with Gasteiger partial charge in [-0.15, -0.1) is 11.3 Å². The zero-order valence-electron chi connectivity index (χ0n) is 8.83. The summed E-state index contributed by atoms with van der Waals surface area (Å²) in [7, 11) is 0. The summed E-state index contributed by atoms with van der Waals surface area (Å²) in [4.78, 5) is 1.32. The smallest absolute Gasteiger partial charge is 0.0354 e. The summed E-state index contributed by atoms with van der Waals surface area (Å²) in [5, 5.41) is 2.12. The van der Waals surface area contributed by atoms with E-state index in [1.807, 2.05) is 0 Å². The summed E-state index contributed by atoms with van der Waals surface area (Å²) in [6.07, 6.45) is 0. The molecule has 0 aliphatic heterocycles. The Hall–Kier alpha value is -0.600. The maximum Gasteiger partial charge on any atom is 0.0354 e. The van der Waals surface area contributed by atoms with Crippen LogP contribution in [0.1, 0.15) is 25.3 Å². The van der Waals surface area contributed by atoms with Crippen LogP contribution in [0.25, 0.3) is 10.4 Å². The standard InChI is InChI=1S/C13H13BrS/c1-9(2)10-3-5-11(6-4-10)13-7-12(14)8-15-13/h3-9H,1-2H3. The highest BCUT2D eigenvalue weighted by Gasteiger charge is 2.02. The third-order valence-electron chi connectivity index (χ3n) is 2.43. The number of hydrogen-bond acceptors (Lipinski definition) is 1. The lowest BCUT2D eigenvalue weighted by Crippen LogP contribution is -1.85.